The highest BCUT2D eigenvalue weighted by Gasteiger charge is 1.93. The summed E-state index contributed by atoms with van der Waals surface area (Å²) in [6.45, 7) is 2.29. The van der Waals surface area contributed by atoms with E-state index in [2.05, 4.69) is 28.9 Å². The molecule has 0 radical (unpaired) electrons. The van der Waals surface area contributed by atoms with Crippen LogP contribution in [0.5, 0.6) is 0 Å². The minimum atomic E-state index is 1.24. The summed E-state index contributed by atoms with van der Waals surface area (Å²) in [5.41, 5.74) is 0. The van der Waals surface area contributed by atoms with Crippen molar-refractivity contribution in [3.8, 4) is 0 Å². The number of allylic oxidation sites excluding steroid dienone is 1. The van der Waals surface area contributed by atoms with Crippen molar-refractivity contribution in [1.29, 1.82) is 0 Å². The van der Waals surface area contributed by atoms with E-state index in [1.165, 1.54) is 89.9 Å². The van der Waals surface area contributed by atoms with E-state index in [9.17, 15) is 0 Å². The predicted molar refractivity (Wildman–Crippen MR) is 88.4 cm³/mol. The molecule has 0 bridgehead atoms. The monoisotopic (exact) mass is 316 g/mol. The van der Waals surface area contributed by atoms with Gasteiger partial charge in [-0.05, 0) is 17.8 Å². The second-order valence-electron chi connectivity index (χ2n) is 5.39. The molecular formula is C17H33Br. The number of rotatable bonds is 14. The molecule has 0 saturated heterocycles. The maximum absolute atomic E-state index is 3.31. The van der Waals surface area contributed by atoms with Crippen molar-refractivity contribution in [3.05, 3.63) is 11.1 Å². The van der Waals surface area contributed by atoms with Gasteiger partial charge in [0.1, 0.15) is 0 Å². The average Bonchev–Trinajstić information content (AvgIpc) is 2.39. The molecule has 18 heavy (non-hydrogen) atoms. The van der Waals surface area contributed by atoms with E-state index >= 15 is 0 Å². The van der Waals surface area contributed by atoms with Crippen molar-refractivity contribution < 1.29 is 0 Å². The van der Waals surface area contributed by atoms with Gasteiger partial charge < -0.3 is 0 Å². The summed E-state index contributed by atoms with van der Waals surface area (Å²) in [5, 5.41) is 0. The van der Waals surface area contributed by atoms with Crippen molar-refractivity contribution in [1.82, 2.24) is 0 Å². The Balaban J connectivity index is 2.90. The SMILES string of the molecule is CCCCCCCCCCCCCCC/C=C/Br. The van der Waals surface area contributed by atoms with Crippen LogP contribution in [0, 0.1) is 0 Å². The zero-order valence-corrected chi connectivity index (χ0v) is 14.0. The molecule has 0 unspecified atom stereocenters. The topological polar surface area (TPSA) is 0 Å². The first-order chi connectivity index (χ1) is 8.91. The first kappa shape index (κ1) is 18.2. The smallest absolute Gasteiger partial charge is 0.0229 e. The standard InChI is InChI=1S/C17H33Br/c1-2-3-4-5-6-7-8-9-10-11-12-13-14-15-16-17-18/h16-17H,2-15H2,1H3/b17-16+. The predicted octanol–water partition coefficient (Wildman–Crippen LogP) is 7.38. The highest BCUT2D eigenvalue weighted by atomic mass is 79.9. The Labute approximate surface area is 124 Å². The molecule has 1 heteroatoms. The summed E-state index contributed by atoms with van der Waals surface area (Å²) < 4.78 is 0. The molecule has 0 aromatic rings. The van der Waals surface area contributed by atoms with Gasteiger partial charge in [0.2, 0.25) is 0 Å². The molecule has 0 fully saturated rings. The molecule has 0 rings (SSSR count). The highest BCUT2D eigenvalue weighted by Crippen LogP contribution is 2.12. The molecule has 0 aliphatic heterocycles. The van der Waals surface area contributed by atoms with Gasteiger partial charge in [-0.2, -0.15) is 0 Å². The lowest BCUT2D eigenvalue weighted by atomic mass is 10.0. The first-order valence-corrected chi connectivity index (χ1v) is 9.08. The fourth-order valence-electron chi connectivity index (χ4n) is 2.34. The summed E-state index contributed by atoms with van der Waals surface area (Å²) in [5.74, 6) is 0. The van der Waals surface area contributed by atoms with Crippen LogP contribution in [-0.2, 0) is 0 Å². The van der Waals surface area contributed by atoms with Crippen LogP contribution in [0.25, 0.3) is 0 Å². The van der Waals surface area contributed by atoms with Crippen molar-refractivity contribution >= 4 is 15.9 Å². The van der Waals surface area contributed by atoms with Crippen LogP contribution in [0.4, 0.5) is 0 Å². The Morgan fingerprint density at radius 1 is 0.611 bits per heavy atom. The Kier molecular flexibility index (Phi) is 17.4. The Hall–Kier alpha value is 0.220. The summed E-state index contributed by atoms with van der Waals surface area (Å²) in [6.07, 6.45) is 22.2. The number of unbranched alkanes of at least 4 members (excludes halogenated alkanes) is 13. The molecule has 0 heterocycles. The van der Waals surface area contributed by atoms with E-state index in [0.717, 1.165) is 0 Å². The van der Waals surface area contributed by atoms with Crippen molar-refractivity contribution in [2.24, 2.45) is 0 Å². The minimum Gasteiger partial charge on any atom is -0.0776 e. The fourth-order valence-corrected chi connectivity index (χ4v) is 2.61. The second-order valence-corrected chi connectivity index (χ2v) is 5.92. The molecule has 0 nitrogen and oxygen atoms in total. The van der Waals surface area contributed by atoms with Crippen LogP contribution in [0.2, 0.25) is 0 Å². The summed E-state index contributed by atoms with van der Waals surface area (Å²) in [7, 11) is 0. The largest absolute Gasteiger partial charge is 0.0776 e. The van der Waals surface area contributed by atoms with Crippen LogP contribution in [0.3, 0.4) is 0 Å². The molecule has 108 valence electrons. The minimum absolute atomic E-state index is 1.24. The van der Waals surface area contributed by atoms with E-state index in [1.54, 1.807) is 0 Å². The molecule has 0 aromatic heterocycles. The number of hydrogen-bond donors (Lipinski definition) is 0. The Bertz CT molecular complexity index is 163. The maximum atomic E-state index is 3.31. The molecule has 0 atom stereocenters. The Morgan fingerprint density at radius 3 is 1.39 bits per heavy atom. The zero-order valence-electron chi connectivity index (χ0n) is 12.4. The van der Waals surface area contributed by atoms with Gasteiger partial charge in [-0.25, -0.2) is 0 Å². The number of hydrogen-bond acceptors (Lipinski definition) is 0. The molecule has 0 aromatic carbocycles. The summed E-state index contributed by atoms with van der Waals surface area (Å²) in [6, 6.07) is 0. The van der Waals surface area contributed by atoms with Gasteiger partial charge in [-0.1, -0.05) is 106 Å². The molecule has 0 saturated carbocycles. The molecule has 0 aliphatic carbocycles. The third-order valence-corrected chi connectivity index (χ3v) is 3.94. The quantitative estimate of drug-likeness (QED) is 0.293. The lowest BCUT2D eigenvalue weighted by Gasteiger charge is -2.02. The van der Waals surface area contributed by atoms with Gasteiger partial charge in [0.15, 0.2) is 0 Å². The lowest BCUT2D eigenvalue weighted by Crippen LogP contribution is -1.82. The van der Waals surface area contributed by atoms with Gasteiger partial charge >= 0.3 is 0 Å². The van der Waals surface area contributed by atoms with E-state index in [4.69, 9.17) is 0 Å². The molecule has 0 aliphatic rings. The van der Waals surface area contributed by atoms with Crippen LogP contribution in [-0.4, -0.2) is 0 Å². The normalized spacial score (nSPS) is 11.4. The third kappa shape index (κ3) is 16.2. The number of halogens is 1. The van der Waals surface area contributed by atoms with E-state index < -0.39 is 0 Å². The van der Waals surface area contributed by atoms with Gasteiger partial charge in [0, 0.05) is 0 Å². The van der Waals surface area contributed by atoms with Gasteiger partial charge in [-0.3, -0.25) is 0 Å². The van der Waals surface area contributed by atoms with E-state index in [0.29, 0.717) is 0 Å². The van der Waals surface area contributed by atoms with Crippen LogP contribution in [0.1, 0.15) is 96.8 Å². The van der Waals surface area contributed by atoms with Crippen molar-refractivity contribution in [3.63, 3.8) is 0 Å². The van der Waals surface area contributed by atoms with Crippen LogP contribution >= 0.6 is 15.9 Å². The molecule has 0 spiro atoms. The lowest BCUT2D eigenvalue weighted by molar-refractivity contribution is 0.540. The van der Waals surface area contributed by atoms with Crippen LogP contribution in [0.15, 0.2) is 11.1 Å². The first-order valence-electron chi connectivity index (χ1n) is 8.17. The highest BCUT2D eigenvalue weighted by molar-refractivity contribution is 9.11. The summed E-state index contributed by atoms with van der Waals surface area (Å²) in [4.78, 5) is 1.98. The van der Waals surface area contributed by atoms with E-state index in [1.807, 2.05) is 4.99 Å². The second kappa shape index (κ2) is 17.2. The van der Waals surface area contributed by atoms with E-state index in [-0.39, 0.29) is 0 Å². The van der Waals surface area contributed by atoms with Crippen LogP contribution < -0.4 is 0 Å². The van der Waals surface area contributed by atoms with Gasteiger partial charge in [-0.15, -0.1) is 0 Å². The van der Waals surface area contributed by atoms with Crippen molar-refractivity contribution in [2.75, 3.05) is 0 Å². The summed E-state index contributed by atoms with van der Waals surface area (Å²) >= 11 is 3.31. The Morgan fingerprint density at radius 2 is 1.00 bits per heavy atom. The van der Waals surface area contributed by atoms with Gasteiger partial charge in [0.05, 0.1) is 0 Å². The maximum Gasteiger partial charge on any atom is -0.0229 e. The third-order valence-electron chi connectivity index (χ3n) is 3.56. The fraction of sp³-hybridized carbons (Fsp3) is 0.882. The molecule has 0 amide bonds. The molecular weight excluding hydrogens is 284 g/mol. The molecule has 0 N–H and O–H groups in total. The zero-order chi connectivity index (χ0) is 13.3. The van der Waals surface area contributed by atoms with Crippen molar-refractivity contribution in [2.45, 2.75) is 96.8 Å². The average molecular weight is 317 g/mol. The van der Waals surface area contributed by atoms with Gasteiger partial charge in [0.25, 0.3) is 0 Å².